The van der Waals surface area contributed by atoms with Crippen molar-refractivity contribution in [2.24, 2.45) is 16.6 Å². The van der Waals surface area contributed by atoms with Crippen molar-refractivity contribution in [3.63, 3.8) is 0 Å². The summed E-state index contributed by atoms with van der Waals surface area (Å²) in [5.74, 6) is 1.63. The molecule has 0 spiro atoms. The minimum Gasteiger partial charge on any atom is -0.360 e. The lowest BCUT2D eigenvalue weighted by Gasteiger charge is -2.51. The minimum absolute atomic E-state index is 0.432. The van der Waals surface area contributed by atoms with E-state index in [1.54, 1.807) is 0 Å². The highest BCUT2D eigenvalue weighted by molar-refractivity contribution is 6.15. The Morgan fingerprint density at radius 2 is 2.06 bits per heavy atom. The Kier molecular flexibility index (Phi) is 5.05. The van der Waals surface area contributed by atoms with Crippen molar-refractivity contribution in [1.82, 2.24) is 4.90 Å². The first-order valence-electron chi connectivity index (χ1n) is 6.82. The van der Waals surface area contributed by atoms with E-state index in [4.69, 9.17) is 13.6 Å². The predicted molar refractivity (Wildman–Crippen MR) is 75.5 cm³/mol. The zero-order valence-electron chi connectivity index (χ0n) is 11.7. The molecule has 1 aliphatic carbocycles. The van der Waals surface area contributed by atoms with E-state index in [1.807, 2.05) is 20.9 Å². The van der Waals surface area contributed by atoms with E-state index in [0.717, 1.165) is 25.7 Å². The standard InChI is InChI=1S/C11H20BN3.C2H6/c1-14-10-6-5-8-9(15(10)2)4-3-7-11(8,12)13;1-2/h8-9H,3-7,13H2,1-2H3;1-2H3. The van der Waals surface area contributed by atoms with Crippen LogP contribution in [0.15, 0.2) is 4.99 Å². The molecule has 4 heteroatoms. The van der Waals surface area contributed by atoms with E-state index in [1.165, 1.54) is 12.3 Å². The third-order valence-corrected chi connectivity index (χ3v) is 4.11. The zero-order valence-corrected chi connectivity index (χ0v) is 11.7. The Morgan fingerprint density at radius 1 is 1.41 bits per heavy atom. The average molecular weight is 235 g/mol. The molecule has 1 saturated carbocycles. The molecule has 17 heavy (non-hydrogen) atoms. The Labute approximate surface area is 107 Å². The molecule has 2 fully saturated rings. The first kappa shape index (κ1) is 14.6. The van der Waals surface area contributed by atoms with Crippen molar-refractivity contribution in [1.29, 1.82) is 0 Å². The van der Waals surface area contributed by atoms with Gasteiger partial charge in [-0.2, -0.15) is 0 Å². The molecule has 2 rings (SSSR count). The van der Waals surface area contributed by atoms with E-state index in [9.17, 15) is 0 Å². The second-order valence-electron chi connectivity index (χ2n) is 4.97. The molecule has 0 amide bonds. The molecule has 2 radical (unpaired) electrons. The SMILES string of the molecule is CC.[B]C1(N)CCCC2C1CCC(=NC)N2C. The molecule has 0 aromatic carbocycles. The minimum atomic E-state index is -0.462. The molecule has 1 heterocycles. The fraction of sp³-hybridized carbons (Fsp3) is 0.923. The molecule has 3 atom stereocenters. The van der Waals surface area contributed by atoms with Crippen LogP contribution in [0, 0.1) is 5.92 Å². The first-order chi connectivity index (χ1) is 8.06. The normalized spacial score (nSPS) is 39.4. The lowest BCUT2D eigenvalue weighted by Crippen LogP contribution is -2.61. The molecule has 2 N–H and O–H groups in total. The Morgan fingerprint density at radius 3 is 2.65 bits per heavy atom. The van der Waals surface area contributed by atoms with E-state index in [-0.39, 0.29) is 0 Å². The Balaban J connectivity index is 0.000000686. The van der Waals surface area contributed by atoms with Crippen LogP contribution in [-0.2, 0) is 0 Å². The fourth-order valence-electron chi connectivity index (χ4n) is 3.21. The van der Waals surface area contributed by atoms with Gasteiger partial charge in [0.2, 0.25) is 0 Å². The molecule has 3 unspecified atom stereocenters. The maximum absolute atomic E-state index is 6.19. The van der Waals surface area contributed by atoms with Crippen LogP contribution in [-0.4, -0.2) is 44.2 Å². The third kappa shape index (κ3) is 2.84. The monoisotopic (exact) mass is 235 g/mol. The Bertz CT molecular complexity index is 276. The maximum atomic E-state index is 6.19. The number of hydrogen-bond acceptors (Lipinski definition) is 2. The average Bonchev–Trinajstić information content (AvgIpc) is 2.33. The molecule has 0 aromatic heterocycles. The lowest BCUT2D eigenvalue weighted by molar-refractivity contribution is 0.120. The summed E-state index contributed by atoms with van der Waals surface area (Å²) in [7, 11) is 10.2. The summed E-state index contributed by atoms with van der Waals surface area (Å²) in [6.45, 7) is 4.00. The molecular formula is C13H26BN3. The number of amidine groups is 1. The van der Waals surface area contributed by atoms with Crippen molar-refractivity contribution in [2.75, 3.05) is 14.1 Å². The molecular weight excluding hydrogens is 209 g/mol. The summed E-state index contributed by atoms with van der Waals surface area (Å²) in [4.78, 5) is 6.62. The smallest absolute Gasteiger partial charge is 0.0985 e. The summed E-state index contributed by atoms with van der Waals surface area (Å²) in [6.07, 6.45) is 5.41. The van der Waals surface area contributed by atoms with Gasteiger partial charge in [-0.25, -0.2) is 0 Å². The Hall–Kier alpha value is -0.505. The van der Waals surface area contributed by atoms with Gasteiger partial charge in [0.05, 0.1) is 13.7 Å². The number of likely N-dealkylation sites (tertiary alicyclic amines) is 1. The van der Waals surface area contributed by atoms with Gasteiger partial charge in [0, 0.05) is 26.6 Å². The highest BCUT2D eigenvalue weighted by atomic mass is 15.2. The van der Waals surface area contributed by atoms with Crippen LogP contribution in [0.3, 0.4) is 0 Å². The van der Waals surface area contributed by atoms with Gasteiger partial charge in [-0.3, -0.25) is 4.99 Å². The van der Waals surface area contributed by atoms with Crippen LogP contribution >= 0.6 is 0 Å². The highest BCUT2D eigenvalue weighted by Crippen LogP contribution is 2.38. The van der Waals surface area contributed by atoms with Crippen LogP contribution in [0.5, 0.6) is 0 Å². The molecule has 0 bridgehead atoms. The number of fused-ring (bicyclic) bond motifs is 1. The molecule has 0 aromatic rings. The molecule has 96 valence electrons. The van der Waals surface area contributed by atoms with Crippen LogP contribution < -0.4 is 5.73 Å². The van der Waals surface area contributed by atoms with Crippen molar-refractivity contribution < 1.29 is 0 Å². The number of nitrogens with zero attached hydrogens (tertiary/aromatic N) is 2. The number of rotatable bonds is 0. The summed E-state index contributed by atoms with van der Waals surface area (Å²) in [5, 5.41) is 0. The summed E-state index contributed by atoms with van der Waals surface area (Å²) in [5.41, 5.74) is 5.73. The van der Waals surface area contributed by atoms with Crippen LogP contribution in [0.4, 0.5) is 0 Å². The van der Waals surface area contributed by atoms with E-state index < -0.39 is 5.44 Å². The number of hydrogen-bond donors (Lipinski definition) is 1. The fourth-order valence-corrected chi connectivity index (χ4v) is 3.21. The van der Waals surface area contributed by atoms with Gasteiger partial charge in [0.25, 0.3) is 0 Å². The molecule has 2 aliphatic rings. The van der Waals surface area contributed by atoms with E-state index in [0.29, 0.717) is 12.0 Å². The molecule has 3 nitrogen and oxygen atoms in total. The van der Waals surface area contributed by atoms with Crippen LogP contribution in [0.1, 0.15) is 46.0 Å². The summed E-state index contributed by atoms with van der Waals surface area (Å²) < 4.78 is 0. The second kappa shape index (κ2) is 5.90. The first-order valence-corrected chi connectivity index (χ1v) is 6.82. The highest BCUT2D eigenvalue weighted by Gasteiger charge is 2.43. The van der Waals surface area contributed by atoms with Crippen molar-refractivity contribution in [3.05, 3.63) is 0 Å². The van der Waals surface area contributed by atoms with Gasteiger partial charge < -0.3 is 10.6 Å². The van der Waals surface area contributed by atoms with Gasteiger partial charge in [0.1, 0.15) is 0 Å². The van der Waals surface area contributed by atoms with Gasteiger partial charge in [-0.15, -0.1) is 0 Å². The predicted octanol–water partition coefficient (Wildman–Crippen LogP) is 1.76. The van der Waals surface area contributed by atoms with Gasteiger partial charge in [-0.05, 0) is 30.6 Å². The lowest BCUT2D eigenvalue weighted by atomic mass is 9.57. The van der Waals surface area contributed by atoms with Gasteiger partial charge >= 0.3 is 0 Å². The third-order valence-electron chi connectivity index (χ3n) is 4.11. The van der Waals surface area contributed by atoms with Crippen molar-refractivity contribution in [3.8, 4) is 0 Å². The zero-order chi connectivity index (χ0) is 13.1. The van der Waals surface area contributed by atoms with E-state index in [2.05, 4.69) is 16.9 Å². The van der Waals surface area contributed by atoms with Crippen molar-refractivity contribution in [2.45, 2.75) is 57.4 Å². The van der Waals surface area contributed by atoms with Gasteiger partial charge in [-0.1, -0.05) is 20.3 Å². The molecule has 1 saturated heterocycles. The number of piperidine rings is 1. The largest absolute Gasteiger partial charge is 0.360 e. The topological polar surface area (TPSA) is 41.6 Å². The quantitative estimate of drug-likeness (QED) is 0.650. The van der Waals surface area contributed by atoms with Crippen LogP contribution in [0.25, 0.3) is 0 Å². The van der Waals surface area contributed by atoms with Crippen molar-refractivity contribution >= 4 is 13.7 Å². The number of nitrogens with two attached hydrogens (primary N) is 1. The van der Waals surface area contributed by atoms with Crippen LogP contribution in [0.2, 0.25) is 0 Å². The molecule has 1 aliphatic heterocycles. The number of aliphatic imine (C=N–C) groups is 1. The van der Waals surface area contributed by atoms with E-state index >= 15 is 0 Å². The maximum Gasteiger partial charge on any atom is 0.0985 e. The summed E-state index contributed by atoms with van der Waals surface area (Å²) >= 11 is 0. The van der Waals surface area contributed by atoms with Gasteiger partial charge in [0.15, 0.2) is 0 Å². The summed E-state index contributed by atoms with van der Waals surface area (Å²) in [6, 6.07) is 0.501. The second-order valence-corrected chi connectivity index (χ2v) is 4.97.